The maximum Gasteiger partial charge on any atom is 0.151 e. The molecule has 1 atom stereocenters. The van der Waals surface area contributed by atoms with Gasteiger partial charge in [0.15, 0.2) is 5.15 Å². The molecule has 2 aromatic rings. The van der Waals surface area contributed by atoms with Crippen LogP contribution in [0.5, 0.6) is 5.75 Å². The molecule has 2 rings (SSSR count). The highest BCUT2D eigenvalue weighted by Crippen LogP contribution is 2.21. The smallest absolute Gasteiger partial charge is 0.151 e. The number of nitrogens with zero attached hydrogens (tertiary/aromatic N) is 2. The molecule has 0 aliphatic carbocycles. The average Bonchev–Trinajstić information content (AvgIpc) is 2.46. The van der Waals surface area contributed by atoms with Gasteiger partial charge in [-0.2, -0.15) is 5.10 Å². The van der Waals surface area contributed by atoms with E-state index in [0.29, 0.717) is 17.7 Å². The zero-order valence-electron chi connectivity index (χ0n) is 11.1. The highest BCUT2D eigenvalue weighted by Gasteiger charge is 2.03. The highest BCUT2D eigenvalue weighted by atomic mass is 35.5. The Balaban J connectivity index is 1.94. The second-order valence-electron chi connectivity index (χ2n) is 4.51. The Bertz CT molecular complexity index is 511. The Kier molecular flexibility index (Phi) is 4.74. The summed E-state index contributed by atoms with van der Waals surface area (Å²) < 4.78 is 5.65. The van der Waals surface area contributed by atoms with Crippen LogP contribution < -0.4 is 4.74 Å². The molecular formula is C15H17ClN2O. The van der Waals surface area contributed by atoms with Crippen molar-refractivity contribution < 1.29 is 4.74 Å². The molecule has 19 heavy (non-hydrogen) atoms. The SMILES string of the molecule is CCC(C)c1ccc(OCc2ccc(Cl)nn2)cc1. The van der Waals surface area contributed by atoms with Gasteiger partial charge in [-0.05, 0) is 42.2 Å². The lowest BCUT2D eigenvalue weighted by Gasteiger charge is -2.10. The Morgan fingerprint density at radius 1 is 1.11 bits per heavy atom. The van der Waals surface area contributed by atoms with Crippen LogP contribution >= 0.6 is 11.6 Å². The third-order valence-corrected chi connectivity index (χ3v) is 3.34. The Morgan fingerprint density at radius 2 is 1.84 bits per heavy atom. The molecule has 0 radical (unpaired) electrons. The minimum Gasteiger partial charge on any atom is -0.487 e. The van der Waals surface area contributed by atoms with Gasteiger partial charge in [0.05, 0.1) is 0 Å². The molecule has 4 heteroatoms. The monoisotopic (exact) mass is 276 g/mol. The molecule has 0 saturated carbocycles. The van der Waals surface area contributed by atoms with Crippen molar-refractivity contribution in [1.29, 1.82) is 0 Å². The van der Waals surface area contributed by atoms with Gasteiger partial charge in [-0.1, -0.05) is 37.6 Å². The van der Waals surface area contributed by atoms with Crippen molar-refractivity contribution in [2.75, 3.05) is 0 Å². The molecule has 0 amide bonds. The number of hydrogen-bond donors (Lipinski definition) is 0. The predicted octanol–water partition coefficient (Wildman–Crippen LogP) is 4.22. The molecule has 0 aliphatic rings. The van der Waals surface area contributed by atoms with Crippen molar-refractivity contribution in [2.45, 2.75) is 32.8 Å². The molecule has 1 unspecified atom stereocenters. The van der Waals surface area contributed by atoms with Crippen LogP contribution in [0.25, 0.3) is 0 Å². The van der Waals surface area contributed by atoms with E-state index in [1.165, 1.54) is 5.56 Å². The summed E-state index contributed by atoms with van der Waals surface area (Å²) >= 11 is 5.68. The fourth-order valence-corrected chi connectivity index (χ4v) is 1.81. The largest absolute Gasteiger partial charge is 0.487 e. The first kappa shape index (κ1) is 13.8. The van der Waals surface area contributed by atoms with Gasteiger partial charge in [0, 0.05) is 0 Å². The zero-order chi connectivity index (χ0) is 13.7. The third kappa shape index (κ3) is 3.93. The first-order valence-electron chi connectivity index (χ1n) is 6.40. The summed E-state index contributed by atoms with van der Waals surface area (Å²) in [7, 11) is 0. The van der Waals surface area contributed by atoms with E-state index in [2.05, 4.69) is 36.2 Å². The van der Waals surface area contributed by atoms with Crippen LogP contribution in [0.4, 0.5) is 0 Å². The lowest BCUT2D eigenvalue weighted by molar-refractivity contribution is 0.299. The molecular weight excluding hydrogens is 260 g/mol. The van der Waals surface area contributed by atoms with Gasteiger partial charge in [0.25, 0.3) is 0 Å². The molecule has 1 aromatic carbocycles. The minimum atomic E-state index is 0.390. The van der Waals surface area contributed by atoms with Crippen molar-refractivity contribution in [1.82, 2.24) is 10.2 Å². The lowest BCUT2D eigenvalue weighted by Crippen LogP contribution is -2.00. The second kappa shape index (κ2) is 6.53. The zero-order valence-corrected chi connectivity index (χ0v) is 11.9. The summed E-state index contributed by atoms with van der Waals surface area (Å²) in [6, 6.07) is 11.7. The summed E-state index contributed by atoms with van der Waals surface area (Å²) in [6.45, 7) is 4.81. The van der Waals surface area contributed by atoms with Gasteiger partial charge in [-0.15, -0.1) is 5.10 Å². The summed E-state index contributed by atoms with van der Waals surface area (Å²) in [5, 5.41) is 8.11. The lowest BCUT2D eigenvalue weighted by atomic mass is 9.99. The van der Waals surface area contributed by atoms with Crippen LogP contribution in [-0.2, 0) is 6.61 Å². The molecule has 0 N–H and O–H groups in total. The quantitative estimate of drug-likeness (QED) is 0.820. The second-order valence-corrected chi connectivity index (χ2v) is 4.90. The maximum atomic E-state index is 5.68. The first-order valence-corrected chi connectivity index (χ1v) is 6.77. The normalized spacial score (nSPS) is 12.2. The Morgan fingerprint density at radius 3 is 2.42 bits per heavy atom. The van der Waals surface area contributed by atoms with E-state index in [1.54, 1.807) is 6.07 Å². The summed E-state index contributed by atoms with van der Waals surface area (Å²) in [4.78, 5) is 0. The fourth-order valence-electron chi connectivity index (χ4n) is 1.71. The Labute approximate surface area is 118 Å². The van der Waals surface area contributed by atoms with Gasteiger partial charge < -0.3 is 4.74 Å². The molecule has 0 fully saturated rings. The van der Waals surface area contributed by atoms with E-state index < -0.39 is 0 Å². The topological polar surface area (TPSA) is 35.0 Å². The van der Waals surface area contributed by atoms with Crippen LogP contribution in [0, 0.1) is 0 Å². The van der Waals surface area contributed by atoms with Gasteiger partial charge in [-0.3, -0.25) is 0 Å². The van der Waals surface area contributed by atoms with Gasteiger partial charge in [-0.25, -0.2) is 0 Å². The number of rotatable bonds is 5. The Hall–Kier alpha value is -1.61. The molecule has 0 spiro atoms. The van der Waals surface area contributed by atoms with Crippen molar-refractivity contribution in [3.63, 3.8) is 0 Å². The number of ether oxygens (including phenoxy) is 1. The van der Waals surface area contributed by atoms with Crippen LogP contribution in [0.15, 0.2) is 36.4 Å². The third-order valence-electron chi connectivity index (χ3n) is 3.14. The molecule has 3 nitrogen and oxygen atoms in total. The van der Waals surface area contributed by atoms with Crippen molar-refractivity contribution in [3.8, 4) is 5.75 Å². The molecule has 0 saturated heterocycles. The first-order chi connectivity index (χ1) is 9.19. The summed E-state index contributed by atoms with van der Waals surface area (Å²) in [5.74, 6) is 1.42. The molecule has 1 aromatic heterocycles. The highest BCUT2D eigenvalue weighted by molar-refractivity contribution is 6.29. The number of halogens is 1. The fraction of sp³-hybridized carbons (Fsp3) is 0.333. The molecule has 1 heterocycles. The van der Waals surface area contributed by atoms with Crippen molar-refractivity contribution in [2.24, 2.45) is 0 Å². The van der Waals surface area contributed by atoms with Crippen LogP contribution in [0.3, 0.4) is 0 Å². The molecule has 100 valence electrons. The van der Waals surface area contributed by atoms with E-state index in [0.717, 1.165) is 17.9 Å². The van der Waals surface area contributed by atoms with Crippen molar-refractivity contribution in [3.05, 3.63) is 52.8 Å². The van der Waals surface area contributed by atoms with Crippen molar-refractivity contribution >= 4 is 11.6 Å². The standard InChI is InChI=1S/C15H17ClN2O/c1-3-11(2)12-4-7-14(8-5-12)19-10-13-6-9-15(16)18-17-13/h4-9,11H,3,10H2,1-2H3. The minimum absolute atomic E-state index is 0.390. The summed E-state index contributed by atoms with van der Waals surface area (Å²) in [5.41, 5.74) is 2.09. The van der Waals surface area contributed by atoms with Crippen LogP contribution in [0.2, 0.25) is 5.15 Å². The van der Waals surface area contributed by atoms with E-state index in [-0.39, 0.29) is 0 Å². The van der Waals surface area contributed by atoms with Crippen LogP contribution in [-0.4, -0.2) is 10.2 Å². The van der Waals surface area contributed by atoms with Gasteiger partial charge in [0.2, 0.25) is 0 Å². The average molecular weight is 277 g/mol. The van der Waals surface area contributed by atoms with Gasteiger partial charge >= 0.3 is 0 Å². The maximum absolute atomic E-state index is 5.68. The van der Waals surface area contributed by atoms with E-state index in [4.69, 9.17) is 16.3 Å². The van der Waals surface area contributed by atoms with Crippen LogP contribution in [0.1, 0.15) is 37.4 Å². The molecule has 0 aliphatic heterocycles. The summed E-state index contributed by atoms with van der Waals surface area (Å²) in [6.07, 6.45) is 1.14. The van der Waals surface area contributed by atoms with Gasteiger partial charge in [0.1, 0.15) is 18.1 Å². The van der Waals surface area contributed by atoms with E-state index in [9.17, 15) is 0 Å². The van der Waals surface area contributed by atoms with E-state index >= 15 is 0 Å². The van der Waals surface area contributed by atoms with E-state index in [1.807, 2.05) is 18.2 Å². The number of benzene rings is 1. The number of hydrogen-bond acceptors (Lipinski definition) is 3. The number of aromatic nitrogens is 2. The predicted molar refractivity (Wildman–Crippen MR) is 76.5 cm³/mol. The molecule has 0 bridgehead atoms.